The van der Waals surface area contributed by atoms with Gasteiger partial charge in [0.05, 0.1) is 11.3 Å². The molecule has 1 heterocycles. The molecule has 4 nitrogen and oxygen atoms in total. The van der Waals surface area contributed by atoms with Crippen molar-refractivity contribution in [2.45, 2.75) is 31.7 Å². The van der Waals surface area contributed by atoms with E-state index in [2.05, 4.69) is 11.1 Å². The maximum Gasteiger partial charge on any atom is 0.313 e. The van der Waals surface area contributed by atoms with Gasteiger partial charge in [-0.25, -0.2) is 4.98 Å². The van der Waals surface area contributed by atoms with Crippen molar-refractivity contribution >= 4 is 17.7 Å². The Kier molecular flexibility index (Phi) is 6.10. The summed E-state index contributed by atoms with van der Waals surface area (Å²) in [5.74, 6) is -0.996. The van der Waals surface area contributed by atoms with Crippen LogP contribution in [0.2, 0.25) is 0 Å². The molecule has 5 heteroatoms. The number of thioether (sulfide) groups is 1. The van der Waals surface area contributed by atoms with Crippen LogP contribution in [-0.4, -0.2) is 21.8 Å². The molecule has 0 saturated carbocycles. The number of aryl methyl sites for hydroxylation is 1. The fourth-order valence-electron chi connectivity index (χ4n) is 1.45. The number of hydrogen-bond acceptors (Lipinski definition) is 4. The van der Waals surface area contributed by atoms with Crippen molar-refractivity contribution in [3.05, 3.63) is 35.0 Å². The standard InChI is InChI=1S/C14H16N2O2S/c1-10(2)4-3-5-12-7-6-11(8-15)14(16-12)19-9-13(17)18/h4,6-7H,3,5,9H2,1-2H3,(H,17,18). The number of allylic oxidation sites excluding steroid dienone is 2. The molecule has 1 aromatic heterocycles. The molecule has 0 saturated heterocycles. The molecule has 0 amide bonds. The predicted molar refractivity (Wildman–Crippen MR) is 75.1 cm³/mol. The van der Waals surface area contributed by atoms with E-state index in [1.54, 1.807) is 6.07 Å². The second kappa shape index (κ2) is 7.59. The molecule has 0 bridgehead atoms. The highest BCUT2D eigenvalue weighted by atomic mass is 32.2. The van der Waals surface area contributed by atoms with Gasteiger partial charge in [-0.3, -0.25) is 4.79 Å². The predicted octanol–water partition coefficient (Wildman–Crippen LogP) is 3.03. The Morgan fingerprint density at radius 2 is 2.26 bits per heavy atom. The summed E-state index contributed by atoms with van der Waals surface area (Å²) in [5, 5.41) is 18.1. The molecule has 1 N–H and O–H groups in total. The summed E-state index contributed by atoms with van der Waals surface area (Å²) < 4.78 is 0. The average Bonchev–Trinajstić information content (AvgIpc) is 2.36. The molecule has 0 unspecified atom stereocenters. The van der Waals surface area contributed by atoms with Gasteiger partial charge in [-0.1, -0.05) is 23.4 Å². The zero-order valence-corrected chi connectivity index (χ0v) is 11.8. The molecule has 1 rings (SSSR count). The van der Waals surface area contributed by atoms with Crippen molar-refractivity contribution in [3.63, 3.8) is 0 Å². The minimum Gasteiger partial charge on any atom is -0.481 e. The Bertz CT molecular complexity index is 529. The van der Waals surface area contributed by atoms with E-state index in [0.29, 0.717) is 10.6 Å². The van der Waals surface area contributed by atoms with Crippen LogP contribution in [0, 0.1) is 11.3 Å². The van der Waals surface area contributed by atoms with Gasteiger partial charge in [-0.15, -0.1) is 0 Å². The first-order chi connectivity index (χ1) is 9.02. The number of nitrogens with zero attached hydrogens (tertiary/aromatic N) is 2. The molecule has 1 aromatic rings. The maximum absolute atomic E-state index is 10.6. The quantitative estimate of drug-likeness (QED) is 0.638. The van der Waals surface area contributed by atoms with Crippen LogP contribution < -0.4 is 0 Å². The van der Waals surface area contributed by atoms with Crippen LogP contribution in [0.4, 0.5) is 0 Å². The molecular formula is C14H16N2O2S. The largest absolute Gasteiger partial charge is 0.481 e. The van der Waals surface area contributed by atoms with Crippen molar-refractivity contribution < 1.29 is 9.90 Å². The first-order valence-electron chi connectivity index (χ1n) is 5.91. The van der Waals surface area contributed by atoms with Crippen LogP contribution in [-0.2, 0) is 11.2 Å². The van der Waals surface area contributed by atoms with Crippen molar-refractivity contribution in [1.29, 1.82) is 5.26 Å². The van der Waals surface area contributed by atoms with E-state index in [0.717, 1.165) is 30.3 Å². The third-order valence-electron chi connectivity index (χ3n) is 2.32. The van der Waals surface area contributed by atoms with Crippen LogP contribution in [0.25, 0.3) is 0 Å². The molecule has 0 fully saturated rings. The summed E-state index contributed by atoms with van der Waals surface area (Å²) in [6, 6.07) is 5.56. The average molecular weight is 276 g/mol. The second-order valence-electron chi connectivity index (χ2n) is 4.27. The van der Waals surface area contributed by atoms with Crippen LogP contribution in [0.1, 0.15) is 31.5 Å². The summed E-state index contributed by atoms with van der Waals surface area (Å²) in [7, 11) is 0. The zero-order chi connectivity index (χ0) is 14.3. The molecule has 0 atom stereocenters. The van der Waals surface area contributed by atoms with Gasteiger partial charge in [0, 0.05) is 5.69 Å². The van der Waals surface area contributed by atoms with E-state index in [-0.39, 0.29) is 5.75 Å². The summed E-state index contributed by atoms with van der Waals surface area (Å²) >= 11 is 1.09. The summed E-state index contributed by atoms with van der Waals surface area (Å²) in [4.78, 5) is 14.9. The zero-order valence-electron chi connectivity index (χ0n) is 11.0. The first-order valence-corrected chi connectivity index (χ1v) is 6.89. The Hall–Kier alpha value is -1.80. The van der Waals surface area contributed by atoms with E-state index in [1.807, 2.05) is 26.0 Å². The van der Waals surface area contributed by atoms with Crippen LogP contribution in [0.3, 0.4) is 0 Å². The SMILES string of the molecule is CC(C)=CCCc1ccc(C#N)c(SCC(=O)O)n1. The highest BCUT2D eigenvalue weighted by molar-refractivity contribution is 7.99. The number of aliphatic carboxylic acids is 1. The number of hydrogen-bond donors (Lipinski definition) is 1. The van der Waals surface area contributed by atoms with Gasteiger partial charge in [0.1, 0.15) is 11.1 Å². The van der Waals surface area contributed by atoms with Crippen LogP contribution in [0.15, 0.2) is 28.8 Å². The fraction of sp³-hybridized carbons (Fsp3) is 0.357. The van der Waals surface area contributed by atoms with Crippen molar-refractivity contribution in [3.8, 4) is 6.07 Å². The monoisotopic (exact) mass is 276 g/mol. The highest BCUT2D eigenvalue weighted by Gasteiger charge is 2.08. The minimum atomic E-state index is -0.911. The Morgan fingerprint density at radius 1 is 1.53 bits per heavy atom. The van der Waals surface area contributed by atoms with E-state index in [4.69, 9.17) is 10.4 Å². The first kappa shape index (κ1) is 15.3. The Labute approximate surface area is 117 Å². The lowest BCUT2D eigenvalue weighted by atomic mass is 10.1. The molecule has 0 aliphatic rings. The molecule has 0 aromatic carbocycles. The van der Waals surface area contributed by atoms with Gasteiger partial charge in [0.15, 0.2) is 0 Å². The van der Waals surface area contributed by atoms with E-state index in [9.17, 15) is 4.79 Å². The van der Waals surface area contributed by atoms with Crippen molar-refractivity contribution in [2.24, 2.45) is 0 Å². The van der Waals surface area contributed by atoms with Gasteiger partial charge in [0.2, 0.25) is 0 Å². The Balaban J connectivity index is 2.80. The van der Waals surface area contributed by atoms with E-state index >= 15 is 0 Å². The number of carboxylic acid groups (broad SMARTS) is 1. The number of pyridine rings is 1. The van der Waals surface area contributed by atoms with Gasteiger partial charge in [0.25, 0.3) is 0 Å². The number of nitriles is 1. The summed E-state index contributed by atoms with van der Waals surface area (Å²) in [5.41, 5.74) is 2.57. The molecule has 100 valence electrons. The van der Waals surface area contributed by atoms with Gasteiger partial charge >= 0.3 is 5.97 Å². The van der Waals surface area contributed by atoms with Gasteiger partial charge < -0.3 is 5.11 Å². The molecule has 0 radical (unpaired) electrons. The lowest BCUT2D eigenvalue weighted by molar-refractivity contribution is -0.133. The number of rotatable bonds is 6. The molecule has 0 aliphatic carbocycles. The van der Waals surface area contributed by atoms with Gasteiger partial charge in [-0.2, -0.15) is 5.26 Å². The maximum atomic E-state index is 10.6. The van der Waals surface area contributed by atoms with Gasteiger partial charge in [-0.05, 0) is 38.8 Å². The van der Waals surface area contributed by atoms with Crippen LogP contribution >= 0.6 is 11.8 Å². The highest BCUT2D eigenvalue weighted by Crippen LogP contribution is 2.20. The van der Waals surface area contributed by atoms with E-state index < -0.39 is 5.97 Å². The summed E-state index contributed by atoms with van der Waals surface area (Å²) in [6.45, 7) is 4.08. The van der Waals surface area contributed by atoms with Crippen molar-refractivity contribution in [2.75, 3.05) is 5.75 Å². The fourth-order valence-corrected chi connectivity index (χ4v) is 2.16. The lowest BCUT2D eigenvalue weighted by Gasteiger charge is -2.04. The molecule has 0 aliphatic heterocycles. The normalized spacial score (nSPS) is 9.74. The lowest BCUT2D eigenvalue weighted by Crippen LogP contribution is -2.00. The third kappa shape index (κ3) is 5.58. The third-order valence-corrected chi connectivity index (χ3v) is 3.30. The second-order valence-corrected chi connectivity index (χ2v) is 5.23. The minimum absolute atomic E-state index is 0.0842. The summed E-state index contributed by atoms with van der Waals surface area (Å²) in [6.07, 6.45) is 3.81. The number of carbonyl (C=O) groups is 1. The molecule has 19 heavy (non-hydrogen) atoms. The Morgan fingerprint density at radius 3 is 2.84 bits per heavy atom. The topological polar surface area (TPSA) is 74.0 Å². The van der Waals surface area contributed by atoms with Crippen molar-refractivity contribution in [1.82, 2.24) is 4.98 Å². The van der Waals surface area contributed by atoms with Crippen LogP contribution in [0.5, 0.6) is 0 Å². The molecular weight excluding hydrogens is 260 g/mol. The number of carboxylic acids is 1. The molecule has 0 spiro atoms. The smallest absolute Gasteiger partial charge is 0.313 e. The van der Waals surface area contributed by atoms with E-state index in [1.165, 1.54) is 5.57 Å². The number of aromatic nitrogens is 1.